The van der Waals surface area contributed by atoms with Gasteiger partial charge >= 0.3 is 0 Å². The minimum Gasteiger partial charge on any atom is -0.395 e. The van der Waals surface area contributed by atoms with Crippen LogP contribution in [0.5, 0.6) is 0 Å². The van der Waals surface area contributed by atoms with E-state index in [-0.39, 0.29) is 6.61 Å². The second-order valence-electron chi connectivity index (χ2n) is 3.48. The average molecular weight is 297 g/mol. The van der Waals surface area contributed by atoms with Crippen molar-refractivity contribution in [2.24, 2.45) is 0 Å². The number of halogens is 1. The molecule has 2 heterocycles. The summed E-state index contributed by atoms with van der Waals surface area (Å²) in [6.07, 6.45) is 1.77. The second-order valence-corrected chi connectivity index (χ2v) is 4.34. The third kappa shape index (κ3) is 2.65. The Morgan fingerprint density at radius 3 is 2.94 bits per heavy atom. The highest BCUT2D eigenvalue weighted by atomic mass is 79.9. The Labute approximate surface area is 107 Å². The number of anilines is 2. The van der Waals surface area contributed by atoms with Gasteiger partial charge in [-0.1, -0.05) is 0 Å². The lowest BCUT2D eigenvalue weighted by atomic mass is 10.2. The number of aromatic nitrogens is 2. The van der Waals surface area contributed by atoms with Gasteiger partial charge in [-0.2, -0.15) is 0 Å². The molecule has 0 aliphatic heterocycles. The predicted octanol–water partition coefficient (Wildman–Crippen LogP) is 1.84. The summed E-state index contributed by atoms with van der Waals surface area (Å²) in [7, 11) is 1.82. The van der Waals surface area contributed by atoms with Crippen LogP contribution in [0.15, 0.2) is 22.8 Å². The summed E-state index contributed by atoms with van der Waals surface area (Å²) in [4.78, 5) is 8.70. The molecule has 0 atom stereocenters. The van der Waals surface area contributed by atoms with Crippen LogP contribution in [0.25, 0.3) is 10.9 Å². The fourth-order valence-corrected chi connectivity index (χ4v) is 1.95. The molecule has 0 fully saturated rings. The van der Waals surface area contributed by atoms with Crippen LogP contribution in [0, 0.1) is 0 Å². The van der Waals surface area contributed by atoms with E-state index in [2.05, 4.69) is 36.5 Å². The Kier molecular flexibility index (Phi) is 3.75. The van der Waals surface area contributed by atoms with Crippen molar-refractivity contribution in [2.75, 3.05) is 30.8 Å². The molecule has 90 valence electrons. The summed E-state index contributed by atoms with van der Waals surface area (Å²) in [6, 6.07) is 3.83. The van der Waals surface area contributed by atoms with E-state index in [1.165, 1.54) is 0 Å². The highest BCUT2D eigenvalue weighted by Gasteiger charge is 2.05. The SMILES string of the molecule is CNc1cc2nc(NCCO)c(Br)cc2cn1. The molecule has 0 aromatic carbocycles. The van der Waals surface area contributed by atoms with Crippen LogP contribution in [0.1, 0.15) is 0 Å². The average Bonchev–Trinajstić information content (AvgIpc) is 2.35. The molecule has 0 aliphatic rings. The number of nitrogens with one attached hydrogen (secondary N) is 2. The second kappa shape index (κ2) is 5.29. The highest BCUT2D eigenvalue weighted by molar-refractivity contribution is 9.10. The van der Waals surface area contributed by atoms with E-state index in [4.69, 9.17) is 5.11 Å². The van der Waals surface area contributed by atoms with Crippen LogP contribution in [0.3, 0.4) is 0 Å². The number of nitrogens with zero attached hydrogens (tertiary/aromatic N) is 2. The lowest BCUT2D eigenvalue weighted by molar-refractivity contribution is 0.311. The lowest BCUT2D eigenvalue weighted by Gasteiger charge is -2.08. The van der Waals surface area contributed by atoms with Crippen molar-refractivity contribution in [3.8, 4) is 0 Å². The Hall–Kier alpha value is -1.40. The summed E-state index contributed by atoms with van der Waals surface area (Å²) in [5, 5.41) is 15.8. The van der Waals surface area contributed by atoms with Crippen LogP contribution in [-0.2, 0) is 0 Å². The standard InChI is InChI=1S/C11H13BrN4O/c1-13-10-5-9-7(6-15-10)4-8(12)11(16-9)14-2-3-17/h4-6,17H,2-3H2,1H3,(H,13,15)(H,14,16). The lowest BCUT2D eigenvalue weighted by Crippen LogP contribution is -2.07. The van der Waals surface area contributed by atoms with Crippen LogP contribution < -0.4 is 10.6 Å². The van der Waals surface area contributed by atoms with Crippen LogP contribution in [-0.4, -0.2) is 35.3 Å². The molecule has 3 N–H and O–H groups in total. The molecular weight excluding hydrogens is 284 g/mol. The first kappa shape index (κ1) is 12.1. The van der Waals surface area contributed by atoms with Gasteiger partial charge in [-0.3, -0.25) is 0 Å². The topological polar surface area (TPSA) is 70.1 Å². The van der Waals surface area contributed by atoms with E-state index in [1.807, 2.05) is 19.2 Å². The maximum Gasteiger partial charge on any atom is 0.141 e. The molecule has 5 nitrogen and oxygen atoms in total. The molecule has 2 rings (SSSR count). The Morgan fingerprint density at radius 2 is 2.24 bits per heavy atom. The first-order valence-corrected chi connectivity index (χ1v) is 6.02. The van der Waals surface area contributed by atoms with E-state index < -0.39 is 0 Å². The number of hydrogen-bond donors (Lipinski definition) is 3. The number of aliphatic hydroxyl groups excluding tert-OH is 1. The molecule has 6 heteroatoms. The Morgan fingerprint density at radius 1 is 1.41 bits per heavy atom. The number of aliphatic hydroxyl groups is 1. The van der Waals surface area contributed by atoms with Gasteiger partial charge < -0.3 is 15.7 Å². The zero-order valence-electron chi connectivity index (χ0n) is 9.37. The third-order valence-electron chi connectivity index (χ3n) is 2.31. The van der Waals surface area contributed by atoms with E-state index >= 15 is 0 Å². The molecule has 0 radical (unpaired) electrons. The smallest absolute Gasteiger partial charge is 0.141 e. The van der Waals surface area contributed by atoms with Gasteiger partial charge in [-0.25, -0.2) is 9.97 Å². The van der Waals surface area contributed by atoms with Gasteiger partial charge in [0, 0.05) is 31.2 Å². The van der Waals surface area contributed by atoms with Gasteiger partial charge in [-0.15, -0.1) is 0 Å². The zero-order valence-corrected chi connectivity index (χ0v) is 11.0. The van der Waals surface area contributed by atoms with Crippen molar-refractivity contribution < 1.29 is 5.11 Å². The molecule has 0 bridgehead atoms. The van der Waals surface area contributed by atoms with Gasteiger partial charge in [0.2, 0.25) is 0 Å². The summed E-state index contributed by atoms with van der Waals surface area (Å²) in [5.41, 5.74) is 0.855. The van der Waals surface area contributed by atoms with Crippen LogP contribution in [0.2, 0.25) is 0 Å². The van der Waals surface area contributed by atoms with Crippen molar-refractivity contribution in [1.82, 2.24) is 9.97 Å². The van der Waals surface area contributed by atoms with Gasteiger partial charge in [0.25, 0.3) is 0 Å². The molecule has 2 aromatic heterocycles. The monoisotopic (exact) mass is 296 g/mol. The highest BCUT2D eigenvalue weighted by Crippen LogP contribution is 2.25. The normalized spacial score (nSPS) is 10.5. The Balaban J connectivity index is 2.44. The molecule has 0 spiro atoms. The fourth-order valence-electron chi connectivity index (χ4n) is 1.48. The van der Waals surface area contributed by atoms with Gasteiger partial charge in [-0.05, 0) is 22.0 Å². The van der Waals surface area contributed by atoms with Gasteiger partial charge in [0.05, 0.1) is 16.6 Å². The largest absolute Gasteiger partial charge is 0.395 e. The number of rotatable bonds is 4. The summed E-state index contributed by atoms with van der Waals surface area (Å²) in [5.74, 6) is 1.50. The molecular formula is C11H13BrN4O. The maximum atomic E-state index is 8.79. The predicted molar refractivity (Wildman–Crippen MR) is 72.4 cm³/mol. The van der Waals surface area contributed by atoms with Crippen LogP contribution >= 0.6 is 15.9 Å². The molecule has 2 aromatic rings. The molecule has 17 heavy (non-hydrogen) atoms. The van der Waals surface area contributed by atoms with Gasteiger partial charge in [0.15, 0.2) is 0 Å². The van der Waals surface area contributed by atoms with Crippen molar-refractivity contribution in [3.63, 3.8) is 0 Å². The van der Waals surface area contributed by atoms with E-state index in [0.29, 0.717) is 6.54 Å². The molecule has 0 saturated carbocycles. The number of pyridine rings is 2. The summed E-state index contributed by atoms with van der Waals surface area (Å²) < 4.78 is 0.859. The number of fused-ring (bicyclic) bond motifs is 1. The zero-order chi connectivity index (χ0) is 12.3. The summed E-state index contributed by atoms with van der Waals surface area (Å²) in [6.45, 7) is 0.547. The van der Waals surface area contributed by atoms with E-state index in [0.717, 1.165) is 27.0 Å². The first-order valence-electron chi connectivity index (χ1n) is 5.23. The first-order chi connectivity index (χ1) is 8.24. The quantitative estimate of drug-likeness (QED) is 0.803. The van der Waals surface area contributed by atoms with Crippen molar-refractivity contribution in [1.29, 1.82) is 0 Å². The van der Waals surface area contributed by atoms with Crippen molar-refractivity contribution in [2.45, 2.75) is 0 Å². The fraction of sp³-hybridized carbons (Fsp3) is 0.273. The maximum absolute atomic E-state index is 8.79. The minimum atomic E-state index is 0.0737. The minimum absolute atomic E-state index is 0.0737. The van der Waals surface area contributed by atoms with E-state index in [9.17, 15) is 0 Å². The van der Waals surface area contributed by atoms with E-state index in [1.54, 1.807) is 6.20 Å². The molecule has 0 unspecified atom stereocenters. The van der Waals surface area contributed by atoms with Crippen molar-refractivity contribution in [3.05, 3.63) is 22.8 Å². The molecule has 0 saturated heterocycles. The third-order valence-corrected chi connectivity index (χ3v) is 2.92. The van der Waals surface area contributed by atoms with Crippen LogP contribution in [0.4, 0.5) is 11.6 Å². The Bertz CT molecular complexity index is 532. The van der Waals surface area contributed by atoms with Crippen molar-refractivity contribution >= 4 is 38.5 Å². The number of hydrogen-bond acceptors (Lipinski definition) is 5. The molecule has 0 aliphatic carbocycles. The van der Waals surface area contributed by atoms with Gasteiger partial charge in [0.1, 0.15) is 11.6 Å². The summed E-state index contributed by atoms with van der Waals surface area (Å²) >= 11 is 3.43. The molecule has 0 amide bonds.